The van der Waals surface area contributed by atoms with E-state index in [1.807, 2.05) is 0 Å². The smallest absolute Gasteiger partial charge is 0.390 e. The Balaban J connectivity index is 1.87. The quantitative estimate of drug-likeness (QED) is 0.727. The number of hydrogen-bond donors (Lipinski definition) is 2. The predicted octanol–water partition coefficient (Wildman–Crippen LogP) is 4.14. The zero-order chi connectivity index (χ0) is 21.2. The highest BCUT2D eigenvalue weighted by Gasteiger charge is 2.35. The molecule has 2 heterocycles. The van der Waals surface area contributed by atoms with E-state index in [1.54, 1.807) is 31.6 Å². The van der Waals surface area contributed by atoms with Crippen molar-refractivity contribution < 1.29 is 18.0 Å². The van der Waals surface area contributed by atoms with E-state index in [4.69, 9.17) is 17.0 Å². The van der Waals surface area contributed by atoms with Gasteiger partial charge in [-0.1, -0.05) is 17.7 Å². The molecule has 1 aromatic carbocycles. The molecule has 0 radical (unpaired) electrons. The molecule has 1 aliphatic rings. The maximum Gasteiger partial charge on any atom is 0.417 e. The third kappa shape index (κ3) is 4.27. The normalized spacial score (nSPS) is 14.7. The summed E-state index contributed by atoms with van der Waals surface area (Å²) in [7, 11) is 1.68. The zero-order valence-corrected chi connectivity index (χ0v) is 16.2. The number of halogens is 4. The van der Waals surface area contributed by atoms with Crippen molar-refractivity contribution >= 4 is 23.2 Å². The second-order valence-electron chi connectivity index (χ2n) is 6.47. The van der Waals surface area contributed by atoms with Gasteiger partial charge in [-0.05, 0) is 30.7 Å². The van der Waals surface area contributed by atoms with Gasteiger partial charge in [-0.2, -0.15) is 13.2 Å². The fraction of sp³-hybridized carbons (Fsp3) is 0.250. The molecule has 0 saturated heterocycles. The first kappa shape index (κ1) is 20.9. The van der Waals surface area contributed by atoms with E-state index >= 15 is 0 Å². The van der Waals surface area contributed by atoms with Crippen LogP contribution in [-0.4, -0.2) is 41.6 Å². The minimum atomic E-state index is -4.64. The van der Waals surface area contributed by atoms with Gasteiger partial charge in [0, 0.05) is 42.8 Å². The van der Waals surface area contributed by atoms with Crippen molar-refractivity contribution in [1.82, 2.24) is 15.2 Å². The number of pyridine rings is 1. The van der Waals surface area contributed by atoms with Crippen molar-refractivity contribution in [3.05, 3.63) is 75.7 Å². The lowest BCUT2D eigenvalue weighted by atomic mass is 9.95. The molecule has 5 nitrogen and oxygen atoms in total. The first-order valence-electron chi connectivity index (χ1n) is 8.78. The minimum absolute atomic E-state index is 0.139. The van der Waals surface area contributed by atoms with Crippen molar-refractivity contribution in [3.63, 3.8) is 0 Å². The average Bonchev–Trinajstić information content (AvgIpc) is 2.72. The van der Waals surface area contributed by atoms with Crippen LogP contribution in [0.2, 0.25) is 5.02 Å². The van der Waals surface area contributed by atoms with Gasteiger partial charge in [-0.3, -0.25) is 15.2 Å². The van der Waals surface area contributed by atoms with Gasteiger partial charge in [0.1, 0.15) is 0 Å². The van der Waals surface area contributed by atoms with Gasteiger partial charge in [0.15, 0.2) is 0 Å². The first-order chi connectivity index (χ1) is 13.7. The summed E-state index contributed by atoms with van der Waals surface area (Å²) in [6.07, 6.45) is -1.06. The Morgan fingerprint density at radius 1 is 1.28 bits per heavy atom. The summed E-state index contributed by atoms with van der Waals surface area (Å²) in [6, 6.07) is 6.81. The number of nitrogens with zero attached hydrogens (tertiary/aromatic N) is 2. The van der Waals surface area contributed by atoms with E-state index < -0.39 is 22.7 Å². The topological polar surface area (TPSA) is 69.1 Å². The highest BCUT2D eigenvalue weighted by molar-refractivity contribution is 6.34. The van der Waals surface area contributed by atoms with Crippen LogP contribution < -0.4 is 5.32 Å². The van der Waals surface area contributed by atoms with E-state index in [0.717, 1.165) is 11.6 Å². The molecule has 2 aromatic rings. The Hall–Kier alpha value is -2.87. The molecular formula is C20H18ClF3N4O. The van der Waals surface area contributed by atoms with Gasteiger partial charge in [-0.25, -0.2) is 0 Å². The molecule has 0 bridgehead atoms. The van der Waals surface area contributed by atoms with E-state index in [1.165, 1.54) is 17.0 Å². The van der Waals surface area contributed by atoms with Crippen LogP contribution in [0.4, 0.5) is 13.2 Å². The zero-order valence-electron chi connectivity index (χ0n) is 15.5. The van der Waals surface area contributed by atoms with Crippen molar-refractivity contribution in [2.45, 2.75) is 12.6 Å². The van der Waals surface area contributed by atoms with E-state index in [2.05, 4.69) is 10.3 Å². The lowest BCUT2D eigenvalue weighted by Gasteiger charge is -2.31. The maximum absolute atomic E-state index is 13.1. The van der Waals surface area contributed by atoms with Gasteiger partial charge in [0.05, 0.1) is 28.4 Å². The molecule has 0 fully saturated rings. The Morgan fingerprint density at radius 3 is 2.66 bits per heavy atom. The van der Waals surface area contributed by atoms with Crippen molar-refractivity contribution in [1.29, 1.82) is 5.41 Å². The molecule has 3 rings (SSSR count). The number of likely N-dealkylation sites (N-methyl/N-ethyl adjacent to an activating group) is 1. The van der Waals surface area contributed by atoms with Crippen LogP contribution in [0, 0.1) is 5.41 Å². The predicted molar refractivity (Wildman–Crippen MR) is 104 cm³/mol. The third-order valence-corrected chi connectivity index (χ3v) is 5.13. The molecule has 2 N–H and O–H groups in total. The number of carbonyl (C=O) groups is 1. The SMILES string of the molecule is CNC1=C(C(=N)c2cccnc2)CCN(C(=O)c2cccc(C(F)(F)F)c2Cl)C1. The highest BCUT2D eigenvalue weighted by Crippen LogP contribution is 2.36. The molecule has 0 aliphatic carbocycles. The van der Waals surface area contributed by atoms with Crippen LogP contribution in [-0.2, 0) is 6.18 Å². The first-order valence-corrected chi connectivity index (χ1v) is 9.16. The summed E-state index contributed by atoms with van der Waals surface area (Å²) in [5.74, 6) is -0.583. The average molecular weight is 423 g/mol. The lowest BCUT2D eigenvalue weighted by Crippen LogP contribution is -2.41. The number of nitrogens with one attached hydrogen (secondary N) is 2. The molecule has 9 heteroatoms. The molecule has 0 saturated carbocycles. The largest absolute Gasteiger partial charge is 0.417 e. The molecular weight excluding hydrogens is 405 g/mol. The minimum Gasteiger partial charge on any atom is -0.390 e. The number of aromatic nitrogens is 1. The number of benzene rings is 1. The lowest BCUT2D eigenvalue weighted by molar-refractivity contribution is -0.137. The monoisotopic (exact) mass is 422 g/mol. The Morgan fingerprint density at radius 2 is 2.03 bits per heavy atom. The number of alkyl halides is 3. The Labute approximate surface area is 170 Å². The number of rotatable bonds is 4. The molecule has 1 aromatic heterocycles. The van der Waals surface area contributed by atoms with Crippen LogP contribution in [0.3, 0.4) is 0 Å². The number of amides is 1. The summed E-state index contributed by atoms with van der Waals surface area (Å²) in [4.78, 5) is 18.3. The number of hydrogen-bond acceptors (Lipinski definition) is 4. The maximum atomic E-state index is 13.1. The summed E-state index contributed by atoms with van der Waals surface area (Å²) in [5.41, 5.74) is 1.11. The van der Waals surface area contributed by atoms with Gasteiger partial charge in [0.25, 0.3) is 5.91 Å². The second-order valence-corrected chi connectivity index (χ2v) is 6.84. The summed E-state index contributed by atoms with van der Waals surface area (Å²) in [6.45, 7) is 0.397. The summed E-state index contributed by atoms with van der Waals surface area (Å²) in [5, 5.41) is 10.8. The van der Waals surface area contributed by atoms with Crippen LogP contribution >= 0.6 is 11.6 Å². The standard InChI is InChI=1S/C20H18ClF3N4O/c1-26-16-11-28(9-7-13(16)18(25)12-4-3-8-27-10-12)19(29)14-5-2-6-15(17(14)21)20(22,23)24/h2-6,8,10,25-26H,7,9,11H2,1H3. The van der Waals surface area contributed by atoms with E-state index in [0.29, 0.717) is 23.4 Å². The second kappa shape index (κ2) is 8.24. The molecule has 0 unspecified atom stereocenters. The molecule has 0 spiro atoms. The van der Waals surface area contributed by atoms with Gasteiger partial charge < -0.3 is 10.2 Å². The molecule has 29 heavy (non-hydrogen) atoms. The van der Waals surface area contributed by atoms with Gasteiger partial charge >= 0.3 is 6.18 Å². The van der Waals surface area contributed by atoms with Crippen LogP contribution in [0.15, 0.2) is 54.0 Å². The van der Waals surface area contributed by atoms with Crippen molar-refractivity contribution in [3.8, 4) is 0 Å². The third-order valence-electron chi connectivity index (χ3n) is 4.72. The van der Waals surface area contributed by atoms with Crippen LogP contribution in [0.5, 0.6) is 0 Å². The molecule has 152 valence electrons. The molecule has 1 aliphatic heterocycles. The molecule has 1 amide bonds. The highest BCUT2D eigenvalue weighted by atomic mass is 35.5. The fourth-order valence-electron chi connectivity index (χ4n) is 3.21. The van der Waals surface area contributed by atoms with Gasteiger partial charge in [-0.15, -0.1) is 0 Å². The number of carbonyl (C=O) groups excluding carboxylic acids is 1. The van der Waals surface area contributed by atoms with E-state index in [-0.39, 0.29) is 18.7 Å². The fourth-order valence-corrected chi connectivity index (χ4v) is 3.53. The van der Waals surface area contributed by atoms with Crippen LogP contribution in [0.1, 0.15) is 27.9 Å². The summed E-state index contributed by atoms with van der Waals surface area (Å²) < 4.78 is 39.3. The van der Waals surface area contributed by atoms with Gasteiger partial charge in [0.2, 0.25) is 0 Å². The van der Waals surface area contributed by atoms with Crippen molar-refractivity contribution in [2.24, 2.45) is 0 Å². The molecule has 0 atom stereocenters. The Bertz CT molecular complexity index is 973. The van der Waals surface area contributed by atoms with Crippen LogP contribution in [0.25, 0.3) is 0 Å². The summed E-state index contributed by atoms with van der Waals surface area (Å²) >= 11 is 5.90. The van der Waals surface area contributed by atoms with Crippen molar-refractivity contribution in [2.75, 3.05) is 20.1 Å². The van der Waals surface area contributed by atoms with E-state index in [9.17, 15) is 18.0 Å². The Kier molecular flexibility index (Phi) is 5.93.